The molecule has 54 heavy (non-hydrogen) atoms. The van der Waals surface area contributed by atoms with Crippen molar-refractivity contribution in [3.05, 3.63) is 188 Å². The van der Waals surface area contributed by atoms with Crippen LogP contribution in [0.3, 0.4) is 0 Å². The Balaban J connectivity index is 1.07. The van der Waals surface area contributed by atoms with Crippen LogP contribution in [0.1, 0.15) is 0 Å². The van der Waals surface area contributed by atoms with E-state index in [2.05, 4.69) is 164 Å². The average molecular weight is 686 g/mol. The van der Waals surface area contributed by atoms with E-state index >= 15 is 0 Å². The molecule has 0 atom stereocenters. The molecule has 0 unspecified atom stereocenters. The molecule has 11 aromatic rings. The Morgan fingerprint density at radius 2 is 0.778 bits per heavy atom. The van der Waals surface area contributed by atoms with Crippen molar-refractivity contribution < 1.29 is 0 Å². The maximum absolute atomic E-state index is 5.26. The van der Waals surface area contributed by atoms with Crippen molar-refractivity contribution in [1.29, 1.82) is 0 Å². The average Bonchev–Trinajstić information content (AvgIpc) is 3.25. The maximum Gasteiger partial charge on any atom is 0.165 e. The summed E-state index contributed by atoms with van der Waals surface area (Å²) in [6, 6.07) is 67.0. The van der Waals surface area contributed by atoms with E-state index in [0.29, 0.717) is 17.5 Å². The van der Waals surface area contributed by atoms with Crippen LogP contribution in [-0.4, -0.2) is 15.0 Å². The van der Waals surface area contributed by atoms with Gasteiger partial charge in [0.2, 0.25) is 0 Å². The molecular weight excluding hydrogens is 655 g/mol. The van der Waals surface area contributed by atoms with Crippen LogP contribution in [0.15, 0.2) is 188 Å². The molecule has 0 spiro atoms. The molecule has 3 nitrogen and oxygen atoms in total. The van der Waals surface area contributed by atoms with Crippen LogP contribution in [0.5, 0.6) is 0 Å². The van der Waals surface area contributed by atoms with Gasteiger partial charge in [-0.1, -0.05) is 176 Å². The number of fused-ring (bicyclic) bond motifs is 2. The lowest BCUT2D eigenvalue weighted by Gasteiger charge is -2.15. The van der Waals surface area contributed by atoms with Crippen LogP contribution in [-0.2, 0) is 0 Å². The summed E-state index contributed by atoms with van der Waals surface area (Å²) >= 11 is 0. The van der Waals surface area contributed by atoms with Crippen molar-refractivity contribution >= 4 is 53.9 Å². The smallest absolute Gasteiger partial charge is 0.165 e. The summed E-state index contributed by atoms with van der Waals surface area (Å²) in [7, 11) is 0. The molecule has 1 aromatic heterocycles. The molecule has 3 heteroatoms. The molecule has 0 N–H and O–H groups in total. The normalized spacial score (nSPS) is 11.7. The monoisotopic (exact) mass is 685 g/mol. The number of hydrogen-bond acceptors (Lipinski definition) is 3. The van der Waals surface area contributed by atoms with Crippen LogP contribution in [0.4, 0.5) is 0 Å². The van der Waals surface area contributed by atoms with Crippen LogP contribution in [0.25, 0.3) is 110 Å². The number of rotatable bonds is 5. The van der Waals surface area contributed by atoms with Gasteiger partial charge in [0.05, 0.1) is 0 Å². The van der Waals surface area contributed by atoms with Gasteiger partial charge in [0.1, 0.15) is 0 Å². The zero-order valence-corrected chi connectivity index (χ0v) is 29.2. The molecule has 0 bridgehead atoms. The second-order valence-electron chi connectivity index (χ2n) is 14.0. The lowest BCUT2D eigenvalue weighted by molar-refractivity contribution is 1.08. The number of aromatic nitrogens is 3. The summed E-state index contributed by atoms with van der Waals surface area (Å²) in [5, 5.41) is 12.3. The Morgan fingerprint density at radius 3 is 1.56 bits per heavy atom. The highest BCUT2D eigenvalue weighted by Gasteiger charge is 2.19. The Labute approximate surface area is 312 Å². The minimum atomic E-state index is 0.642. The molecule has 0 aliphatic heterocycles. The summed E-state index contributed by atoms with van der Waals surface area (Å²) in [4.78, 5) is 15.5. The Morgan fingerprint density at radius 1 is 0.259 bits per heavy atom. The molecule has 0 saturated heterocycles. The molecule has 11 rings (SSSR count). The zero-order chi connectivity index (χ0) is 35.6. The van der Waals surface area contributed by atoms with Gasteiger partial charge < -0.3 is 0 Å². The first-order valence-electron chi connectivity index (χ1n) is 18.4. The number of hydrogen-bond donors (Lipinski definition) is 0. The van der Waals surface area contributed by atoms with Gasteiger partial charge in [-0.15, -0.1) is 0 Å². The van der Waals surface area contributed by atoms with Gasteiger partial charge in [0.15, 0.2) is 17.5 Å². The molecule has 0 amide bonds. The third-order valence-corrected chi connectivity index (χ3v) is 10.8. The molecule has 250 valence electrons. The fourth-order valence-corrected chi connectivity index (χ4v) is 8.24. The van der Waals surface area contributed by atoms with Crippen molar-refractivity contribution in [3.63, 3.8) is 0 Å². The summed E-state index contributed by atoms with van der Waals surface area (Å²) in [5.74, 6) is 1.94. The van der Waals surface area contributed by atoms with Crippen LogP contribution in [0.2, 0.25) is 0 Å². The van der Waals surface area contributed by atoms with Crippen molar-refractivity contribution in [3.8, 4) is 56.4 Å². The van der Waals surface area contributed by atoms with Crippen LogP contribution >= 0.6 is 0 Å². The Bertz CT molecular complexity index is 3190. The Hall–Kier alpha value is -7.23. The molecule has 0 aliphatic rings. The molecule has 1 heterocycles. The fourth-order valence-electron chi connectivity index (χ4n) is 8.24. The SMILES string of the molecule is c1ccc(-c2nc(-c3ccc4cc(-c5ccc6ccc7cccc8ccc5c6c78)ccc4c3)nc(-c3c(-c4ccccc4)ccc4ccccc34)n2)cc1. The summed E-state index contributed by atoms with van der Waals surface area (Å²) in [6.45, 7) is 0. The van der Waals surface area contributed by atoms with E-state index < -0.39 is 0 Å². The topological polar surface area (TPSA) is 38.7 Å². The van der Waals surface area contributed by atoms with Gasteiger partial charge in [-0.3, -0.25) is 0 Å². The first-order chi connectivity index (χ1) is 26.7. The predicted octanol–water partition coefficient (Wildman–Crippen LogP) is 13.4. The van der Waals surface area contributed by atoms with Crippen molar-refractivity contribution in [2.45, 2.75) is 0 Å². The highest BCUT2D eigenvalue weighted by Crippen LogP contribution is 2.41. The third kappa shape index (κ3) is 4.94. The lowest BCUT2D eigenvalue weighted by atomic mass is 9.89. The number of benzene rings is 10. The number of nitrogens with zero attached hydrogens (tertiary/aromatic N) is 3. The maximum atomic E-state index is 5.26. The molecule has 0 radical (unpaired) electrons. The van der Waals surface area contributed by atoms with E-state index in [-0.39, 0.29) is 0 Å². The minimum absolute atomic E-state index is 0.642. The molecule has 0 saturated carbocycles. The molecule has 0 fully saturated rings. The Kier molecular flexibility index (Phi) is 6.86. The molecule has 10 aromatic carbocycles. The minimum Gasteiger partial charge on any atom is -0.208 e. The van der Waals surface area contributed by atoms with Crippen LogP contribution < -0.4 is 0 Å². The van der Waals surface area contributed by atoms with E-state index in [0.717, 1.165) is 44.0 Å². The highest BCUT2D eigenvalue weighted by atomic mass is 15.0. The zero-order valence-electron chi connectivity index (χ0n) is 29.2. The highest BCUT2D eigenvalue weighted by molar-refractivity contribution is 6.25. The fraction of sp³-hybridized carbons (Fsp3) is 0. The quantitative estimate of drug-likeness (QED) is 0.169. The van der Waals surface area contributed by atoms with Gasteiger partial charge in [0.25, 0.3) is 0 Å². The first-order valence-corrected chi connectivity index (χ1v) is 18.4. The van der Waals surface area contributed by atoms with Crippen molar-refractivity contribution in [2.75, 3.05) is 0 Å². The van der Waals surface area contributed by atoms with Gasteiger partial charge in [-0.2, -0.15) is 0 Å². The third-order valence-electron chi connectivity index (χ3n) is 10.8. The van der Waals surface area contributed by atoms with E-state index in [1.807, 2.05) is 24.3 Å². The summed E-state index contributed by atoms with van der Waals surface area (Å²) in [6.07, 6.45) is 0. The van der Waals surface area contributed by atoms with Gasteiger partial charge in [-0.25, -0.2) is 15.0 Å². The second kappa shape index (κ2) is 12.2. The van der Waals surface area contributed by atoms with E-state index in [1.54, 1.807) is 0 Å². The van der Waals surface area contributed by atoms with Gasteiger partial charge in [-0.05, 0) is 88.2 Å². The van der Waals surface area contributed by atoms with Gasteiger partial charge in [0, 0.05) is 16.7 Å². The summed E-state index contributed by atoms with van der Waals surface area (Å²) < 4.78 is 0. The molecular formula is C51H31N3. The first kappa shape index (κ1) is 30.4. The van der Waals surface area contributed by atoms with E-state index in [1.165, 1.54) is 48.8 Å². The standard InChI is InChI=1S/C51H31N3/c1-3-10-32(11-4-1)44-28-24-33-12-7-8-17-43(33)48(44)51-53-49(37-13-5-2-6-14-37)52-50(54-51)41-23-21-38-30-40(22-20-39(38)31-41)42-27-25-36-19-18-34-15-9-16-35-26-29-45(42)47(36)46(34)35/h1-31H. The van der Waals surface area contributed by atoms with E-state index in [4.69, 9.17) is 15.0 Å². The summed E-state index contributed by atoms with van der Waals surface area (Å²) in [5.41, 5.74) is 7.54. The molecule has 0 aliphatic carbocycles. The van der Waals surface area contributed by atoms with Crippen LogP contribution in [0, 0.1) is 0 Å². The predicted molar refractivity (Wildman–Crippen MR) is 226 cm³/mol. The van der Waals surface area contributed by atoms with Crippen molar-refractivity contribution in [1.82, 2.24) is 15.0 Å². The largest absolute Gasteiger partial charge is 0.208 e. The van der Waals surface area contributed by atoms with E-state index in [9.17, 15) is 0 Å². The lowest BCUT2D eigenvalue weighted by Crippen LogP contribution is -2.01. The van der Waals surface area contributed by atoms with Crippen molar-refractivity contribution in [2.24, 2.45) is 0 Å². The second-order valence-corrected chi connectivity index (χ2v) is 14.0. The van der Waals surface area contributed by atoms with Gasteiger partial charge >= 0.3 is 0 Å².